The lowest BCUT2D eigenvalue weighted by Gasteiger charge is -2.30. The fraction of sp³-hybridized carbons (Fsp3) is 0.350. The first-order chi connectivity index (χ1) is 15.0. The zero-order valence-electron chi connectivity index (χ0n) is 16.8. The van der Waals surface area contributed by atoms with Gasteiger partial charge in [-0.3, -0.25) is 14.4 Å². The highest BCUT2D eigenvalue weighted by Gasteiger charge is 2.34. The molecule has 1 aromatic heterocycles. The molecule has 172 valence electrons. The van der Waals surface area contributed by atoms with E-state index in [4.69, 9.17) is 4.74 Å². The van der Waals surface area contributed by atoms with Crippen molar-refractivity contribution in [1.82, 2.24) is 14.8 Å². The van der Waals surface area contributed by atoms with Crippen LogP contribution in [0.5, 0.6) is 5.75 Å². The van der Waals surface area contributed by atoms with E-state index in [-0.39, 0.29) is 37.5 Å². The summed E-state index contributed by atoms with van der Waals surface area (Å²) in [6, 6.07) is 2.25. The van der Waals surface area contributed by atoms with Gasteiger partial charge in [-0.25, -0.2) is 4.39 Å². The number of benzene rings is 1. The van der Waals surface area contributed by atoms with Gasteiger partial charge in [0, 0.05) is 39.5 Å². The summed E-state index contributed by atoms with van der Waals surface area (Å²) in [5.41, 5.74) is -3.36. The van der Waals surface area contributed by atoms with Crippen LogP contribution in [-0.2, 0) is 24.0 Å². The van der Waals surface area contributed by atoms with Gasteiger partial charge in [0.2, 0.25) is 5.43 Å². The highest BCUT2D eigenvalue weighted by Crippen LogP contribution is 2.31. The Balaban J connectivity index is 1.81. The number of carbonyl (C=O) groups is 2. The summed E-state index contributed by atoms with van der Waals surface area (Å²) in [5, 5.41) is 12.5. The van der Waals surface area contributed by atoms with Gasteiger partial charge in [0.05, 0.1) is 12.2 Å². The van der Waals surface area contributed by atoms with Gasteiger partial charge in [-0.15, -0.1) is 0 Å². The third-order valence-electron chi connectivity index (χ3n) is 4.96. The monoisotopic (exact) mass is 457 g/mol. The quantitative estimate of drug-likeness (QED) is 0.644. The molecule has 1 aromatic carbocycles. The van der Waals surface area contributed by atoms with Crippen LogP contribution in [0.1, 0.15) is 32.0 Å². The molecule has 0 aliphatic carbocycles. The standard InChI is InChI=1S/C20H19F4N3O5/c1-32-7-6-26-4-5-27-10-12(16(28)17(29)15(27)19(26)31)18(30)25-9-11-2-3-14(21)13(8-11)20(22,23)24/h2-3,8,10,29H,4-7,9H2,1H3,(H,25,30). The number of carbonyl (C=O) groups excluding carboxylic acids is 2. The predicted octanol–water partition coefficient (Wildman–Crippen LogP) is 1.74. The number of rotatable bonds is 6. The highest BCUT2D eigenvalue weighted by molar-refractivity contribution is 5.99. The molecule has 3 rings (SSSR count). The summed E-state index contributed by atoms with van der Waals surface area (Å²) in [6.07, 6.45) is -3.79. The average Bonchev–Trinajstić information content (AvgIpc) is 2.73. The van der Waals surface area contributed by atoms with Gasteiger partial charge in [0.15, 0.2) is 11.4 Å². The Bertz CT molecular complexity index is 1110. The number of aromatic nitrogens is 1. The molecule has 0 radical (unpaired) electrons. The fourth-order valence-corrected chi connectivity index (χ4v) is 3.28. The number of amides is 2. The van der Waals surface area contributed by atoms with Crippen molar-refractivity contribution < 1.29 is 37.0 Å². The number of hydrogen-bond acceptors (Lipinski definition) is 5. The Morgan fingerprint density at radius 3 is 2.62 bits per heavy atom. The molecule has 12 heteroatoms. The summed E-state index contributed by atoms with van der Waals surface area (Å²) >= 11 is 0. The minimum absolute atomic E-state index is 0.0432. The Morgan fingerprint density at radius 2 is 1.97 bits per heavy atom. The van der Waals surface area contributed by atoms with Crippen LogP contribution < -0.4 is 10.7 Å². The van der Waals surface area contributed by atoms with Crippen molar-refractivity contribution in [1.29, 1.82) is 0 Å². The van der Waals surface area contributed by atoms with Gasteiger partial charge in [-0.2, -0.15) is 13.2 Å². The molecular formula is C20H19F4N3O5. The van der Waals surface area contributed by atoms with Gasteiger partial charge >= 0.3 is 6.18 Å². The Morgan fingerprint density at radius 1 is 1.25 bits per heavy atom. The minimum atomic E-state index is -4.91. The number of pyridine rings is 1. The zero-order valence-corrected chi connectivity index (χ0v) is 16.8. The molecule has 1 aliphatic heterocycles. The number of alkyl halides is 3. The van der Waals surface area contributed by atoms with Crippen molar-refractivity contribution in [3.05, 3.63) is 62.8 Å². The van der Waals surface area contributed by atoms with E-state index in [0.717, 1.165) is 12.3 Å². The molecule has 2 N–H and O–H groups in total. The van der Waals surface area contributed by atoms with Crippen LogP contribution in [0.4, 0.5) is 17.6 Å². The summed E-state index contributed by atoms with van der Waals surface area (Å²) < 4.78 is 58.1. The van der Waals surface area contributed by atoms with Crippen LogP contribution in [0.2, 0.25) is 0 Å². The van der Waals surface area contributed by atoms with Crippen molar-refractivity contribution in [2.75, 3.05) is 26.8 Å². The van der Waals surface area contributed by atoms with Gasteiger partial charge in [0.25, 0.3) is 11.8 Å². The van der Waals surface area contributed by atoms with Crippen molar-refractivity contribution in [2.45, 2.75) is 19.3 Å². The third-order valence-corrected chi connectivity index (χ3v) is 4.96. The van der Waals surface area contributed by atoms with Gasteiger partial charge in [-0.05, 0) is 17.7 Å². The van der Waals surface area contributed by atoms with E-state index >= 15 is 0 Å². The topological polar surface area (TPSA) is 101 Å². The van der Waals surface area contributed by atoms with E-state index in [1.54, 1.807) is 0 Å². The normalized spacial score (nSPS) is 13.8. The number of ether oxygens (including phenoxy) is 1. The largest absolute Gasteiger partial charge is 0.503 e. The van der Waals surface area contributed by atoms with Crippen LogP contribution in [0.15, 0.2) is 29.2 Å². The summed E-state index contributed by atoms with van der Waals surface area (Å²) in [4.78, 5) is 38.9. The number of nitrogens with one attached hydrogen (secondary N) is 1. The molecule has 32 heavy (non-hydrogen) atoms. The molecule has 0 saturated carbocycles. The lowest BCUT2D eigenvalue weighted by atomic mass is 10.1. The maximum Gasteiger partial charge on any atom is 0.419 e. The summed E-state index contributed by atoms with van der Waals surface area (Å²) in [7, 11) is 1.46. The number of halogens is 4. The molecular weight excluding hydrogens is 438 g/mol. The molecule has 0 saturated heterocycles. The van der Waals surface area contributed by atoms with Crippen molar-refractivity contribution in [3.8, 4) is 5.75 Å². The van der Waals surface area contributed by atoms with E-state index in [0.29, 0.717) is 12.1 Å². The lowest BCUT2D eigenvalue weighted by Crippen LogP contribution is -2.44. The van der Waals surface area contributed by atoms with Crippen LogP contribution in [0.3, 0.4) is 0 Å². The fourth-order valence-electron chi connectivity index (χ4n) is 3.28. The molecule has 0 bridgehead atoms. The summed E-state index contributed by atoms with van der Waals surface area (Å²) in [5.74, 6) is -3.91. The van der Waals surface area contributed by atoms with Gasteiger partial charge < -0.3 is 24.6 Å². The van der Waals surface area contributed by atoms with E-state index in [2.05, 4.69) is 5.32 Å². The van der Waals surface area contributed by atoms with Crippen molar-refractivity contribution >= 4 is 11.8 Å². The molecule has 0 spiro atoms. The number of methoxy groups -OCH3 is 1. The molecule has 0 unspecified atom stereocenters. The van der Waals surface area contributed by atoms with Crippen LogP contribution >= 0.6 is 0 Å². The van der Waals surface area contributed by atoms with E-state index in [1.165, 1.54) is 16.6 Å². The van der Waals surface area contributed by atoms with E-state index in [9.17, 15) is 37.1 Å². The van der Waals surface area contributed by atoms with Gasteiger partial charge in [-0.1, -0.05) is 6.07 Å². The van der Waals surface area contributed by atoms with Crippen molar-refractivity contribution in [3.63, 3.8) is 0 Å². The number of aromatic hydroxyl groups is 1. The molecule has 2 aromatic rings. The minimum Gasteiger partial charge on any atom is -0.503 e. The molecule has 8 nitrogen and oxygen atoms in total. The average molecular weight is 457 g/mol. The van der Waals surface area contributed by atoms with Crippen LogP contribution in [0, 0.1) is 5.82 Å². The molecule has 0 fully saturated rings. The molecule has 2 heterocycles. The number of fused-ring (bicyclic) bond motifs is 1. The maximum atomic E-state index is 13.4. The van der Waals surface area contributed by atoms with E-state index in [1.807, 2.05) is 0 Å². The smallest absolute Gasteiger partial charge is 0.419 e. The Kier molecular flexibility index (Phi) is 6.53. The molecule has 1 aliphatic rings. The van der Waals surface area contributed by atoms with Crippen LogP contribution in [-0.4, -0.2) is 53.2 Å². The SMILES string of the molecule is COCCN1CCn2cc(C(=O)NCc3ccc(F)c(C(F)(F)F)c3)c(=O)c(O)c2C1=O. The first-order valence-electron chi connectivity index (χ1n) is 9.43. The predicted molar refractivity (Wildman–Crippen MR) is 103 cm³/mol. The molecule has 2 amide bonds. The first kappa shape index (κ1) is 23.3. The first-order valence-corrected chi connectivity index (χ1v) is 9.43. The Hall–Kier alpha value is -3.41. The van der Waals surface area contributed by atoms with E-state index < -0.39 is 52.7 Å². The number of nitrogens with zero attached hydrogens (tertiary/aromatic N) is 2. The lowest BCUT2D eigenvalue weighted by molar-refractivity contribution is -0.140. The number of hydrogen-bond donors (Lipinski definition) is 2. The maximum absolute atomic E-state index is 13.4. The second kappa shape index (κ2) is 8.99. The second-order valence-electron chi connectivity index (χ2n) is 7.04. The van der Waals surface area contributed by atoms with Gasteiger partial charge in [0.1, 0.15) is 11.4 Å². The second-order valence-corrected chi connectivity index (χ2v) is 7.04. The Labute approximate surface area is 179 Å². The highest BCUT2D eigenvalue weighted by atomic mass is 19.4. The summed E-state index contributed by atoms with van der Waals surface area (Å²) in [6.45, 7) is 0.549. The zero-order chi connectivity index (χ0) is 23.6. The van der Waals surface area contributed by atoms with Crippen LogP contribution in [0.25, 0.3) is 0 Å². The molecule has 0 atom stereocenters. The van der Waals surface area contributed by atoms with Crippen molar-refractivity contribution in [2.24, 2.45) is 0 Å². The third kappa shape index (κ3) is 4.59.